The summed E-state index contributed by atoms with van der Waals surface area (Å²) in [5.41, 5.74) is 1.54. The first-order valence-electron chi connectivity index (χ1n) is 7.99. The number of halogens is 2. The third-order valence-corrected chi connectivity index (χ3v) is 3.73. The fourth-order valence-electron chi connectivity index (χ4n) is 2.40. The molecular weight excluding hydrogens is 310 g/mol. The van der Waals surface area contributed by atoms with Crippen LogP contribution in [-0.4, -0.2) is 23.4 Å². The first-order chi connectivity index (χ1) is 11.5. The van der Waals surface area contributed by atoms with Crippen LogP contribution in [0, 0.1) is 11.6 Å². The van der Waals surface area contributed by atoms with Crippen molar-refractivity contribution >= 4 is 11.6 Å². The van der Waals surface area contributed by atoms with E-state index >= 15 is 0 Å². The van der Waals surface area contributed by atoms with Crippen LogP contribution < -0.4 is 5.32 Å². The molecular formula is C19H22F2N2O. The number of hydrogen-bond acceptors (Lipinski definition) is 2. The van der Waals surface area contributed by atoms with Crippen molar-refractivity contribution in [2.45, 2.75) is 32.9 Å². The zero-order valence-corrected chi connectivity index (χ0v) is 13.9. The molecule has 0 heterocycles. The average Bonchev–Trinajstić information content (AvgIpc) is 2.56. The van der Waals surface area contributed by atoms with Gasteiger partial charge in [0.05, 0.1) is 0 Å². The topological polar surface area (TPSA) is 32.3 Å². The zero-order chi connectivity index (χ0) is 17.5. The van der Waals surface area contributed by atoms with Gasteiger partial charge in [0.25, 0.3) is 0 Å². The summed E-state index contributed by atoms with van der Waals surface area (Å²) in [7, 11) is 0. The molecule has 0 aliphatic heterocycles. The molecule has 0 atom stereocenters. The van der Waals surface area contributed by atoms with Crippen molar-refractivity contribution in [3.8, 4) is 0 Å². The summed E-state index contributed by atoms with van der Waals surface area (Å²) in [5, 5.41) is 2.95. The van der Waals surface area contributed by atoms with Gasteiger partial charge in [-0.3, -0.25) is 4.79 Å². The highest BCUT2D eigenvalue weighted by Gasteiger charge is 2.16. The Hall–Kier alpha value is -2.43. The quantitative estimate of drug-likeness (QED) is 0.824. The highest BCUT2D eigenvalue weighted by Crippen LogP contribution is 2.14. The van der Waals surface area contributed by atoms with Crippen molar-refractivity contribution in [3.05, 3.63) is 65.7 Å². The van der Waals surface area contributed by atoms with E-state index in [0.717, 1.165) is 17.7 Å². The predicted molar refractivity (Wildman–Crippen MR) is 91.6 cm³/mol. The third-order valence-electron chi connectivity index (χ3n) is 3.73. The van der Waals surface area contributed by atoms with Crippen LogP contribution in [0.5, 0.6) is 0 Å². The lowest BCUT2D eigenvalue weighted by Crippen LogP contribution is -2.37. The van der Waals surface area contributed by atoms with Crippen molar-refractivity contribution in [2.75, 3.05) is 11.9 Å². The Bertz CT molecular complexity index is 674. The molecule has 1 amide bonds. The summed E-state index contributed by atoms with van der Waals surface area (Å²) in [6.45, 7) is 4.87. The van der Waals surface area contributed by atoms with E-state index in [1.165, 1.54) is 6.07 Å². The number of nitrogens with one attached hydrogen (secondary N) is 1. The molecule has 1 N–H and O–H groups in total. The summed E-state index contributed by atoms with van der Waals surface area (Å²) >= 11 is 0. The number of anilines is 1. The van der Waals surface area contributed by atoms with Crippen LogP contribution in [0.1, 0.15) is 25.8 Å². The van der Waals surface area contributed by atoms with E-state index < -0.39 is 11.6 Å². The molecule has 0 saturated heterocycles. The molecule has 0 aliphatic rings. The van der Waals surface area contributed by atoms with Gasteiger partial charge in [-0.15, -0.1) is 0 Å². The van der Waals surface area contributed by atoms with Gasteiger partial charge in [-0.2, -0.15) is 0 Å². The minimum atomic E-state index is -0.904. The second-order valence-electron chi connectivity index (χ2n) is 5.91. The molecule has 0 aliphatic carbocycles. The van der Waals surface area contributed by atoms with Gasteiger partial charge in [0.15, 0.2) is 11.6 Å². The molecule has 0 fully saturated rings. The molecule has 128 valence electrons. The van der Waals surface area contributed by atoms with Crippen molar-refractivity contribution in [1.29, 1.82) is 0 Å². The summed E-state index contributed by atoms with van der Waals surface area (Å²) in [6.07, 6.45) is 0.282. The van der Waals surface area contributed by atoms with Crippen LogP contribution in [-0.2, 0) is 11.3 Å². The van der Waals surface area contributed by atoms with Crippen molar-refractivity contribution in [2.24, 2.45) is 0 Å². The SMILES string of the molecule is CC(C)N(Cc1ccccc1)C(=O)CCNc1ccc(F)c(F)c1. The molecule has 5 heteroatoms. The summed E-state index contributed by atoms with van der Waals surface area (Å²) in [6, 6.07) is 13.5. The molecule has 3 nitrogen and oxygen atoms in total. The number of rotatable bonds is 7. The first kappa shape index (κ1) is 17.9. The predicted octanol–water partition coefficient (Wildman–Crippen LogP) is 4.20. The number of carbonyl (C=O) groups is 1. The Morgan fingerprint density at radius 2 is 1.79 bits per heavy atom. The number of nitrogens with zero attached hydrogens (tertiary/aromatic N) is 1. The van der Waals surface area contributed by atoms with E-state index in [4.69, 9.17) is 0 Å². The standard InChI is InChI=1S/C19H22F2N2O/c1-14(2)23(13-15-6-4-3-5-7-15)19(24)10-11-22-16-8-9-17(20)18(21)12-16/h3-9,12,14,22H,10-11,13H2,1-2H3. The van der Waals surface area contributed by atoms with Crippen LogP contribution >= 0.6 is 0 Å². The van der Waals surface area contributed by atoms with Gasteiger partial charge in [-0.1, -0.05) is 30.3 Å². The number of benzene rings is 2. The third kappa shape index (κ3) is 5.05. The Morgan fingerprint density at radius 3 is 2.42 bits per heavy atom. The maximum Gasteiger partial charge on any atom is 0.224 e. The smallest absolute Gasteiger partial charge is 0.224 e. The van der Waals surface area contributed by atoms with Crippen LogP contribution in [0.3, 0.4) is 0 Å². The van der Waals surface area contributed by atoms with Crippen molar-refractivity contribution in [3.63, 3.8) is 0 Å². The zero-order valence-electron chi connectivity index (χ0n) is 13.9. The minimum absolute atomic E-state index is 0.0175. The average molecular weight is 332 g/mol. The number of amides is 1. The van der Waals surface area contributed by atoms with Gasteiger partial charge < -0.3 is 10.2 Å². The summed E-state index contributed by atoms with van der Waals surface area (Å²) in [4.78, 5) is 14.3. The van der Waals surface area contributed by atoms with E-state index in [1.807, 2.05) is 49.1 Å². The largest absolute Gasteiger partial charge is 0.384 e. The van der Waals surface area contributed by atoms with E-state index in [1.54, 1.807) is 0 Å². The van der Waals surface area contributed by atoms with Gasteiger partial charge in [-0.25, -0.2) is 8.78 Å². The fourth-order valence-corrected chi connectivity index (χ4v) is 2.40. The van der Waals surface area contributed by atoms with E-state index in [-0.39, 0.29) is 18.4 Å². The second kappa shape index (κ2) is 8.43. The maximum atomic E-state index is 13.2. The summed E-state index contributed by atoms with van der Waals surface area (Å²) in [5.74, 6) is -1.77. The Balaban J connectivity index is 1.89. The first-order valence-corrected chi connectivity index (χ1v) is 7.99. The Labute approximate surface area is 141 Å². The lowest BCUT2D eigenvalue weighted by atomic mass is 10.1. The molecule has 0 saturated carbocycles. The van der Waals surface area contributed by atoms with E-state index in [0.29, 0.717) is 18.8 Å². The molecule has 24 heavy (non-hydrogen) atoms. The van der Waals surface area contributed by atoms with Crippen LogP contribution in [0.2, 0.25) is 0 Å². The molecule has 0 unspecified atom stereocenters. The van der Waals surface area contributed by atoms with Crippen LogP contribution in [0.25, 0.3) is 0 Å². The molecule has 0 spiro atoms. The number of hydrogen-bond donors (Lipinski definition) is 1. The van der Waals surface area contributed by atoms with Gasteiger partial charge in [0.1, 0.15) is 0 Å². The van der Waals surface area contributed by atoms with Crippen molar-refractivity contribution in [1.82, 2.24) is 4.90 Å². The van der Waals surface area contributed by atoms with Gasteiger partial charge in [0, 0.05) is 31.2 Å². The van der Waals surface area contributed by atoms with Crippen LogP contribution in [0.15, 0.2) is 48.5 Å². The van der Waals surface area contributed by atoms with Gasteiger partial charge in [0.2, 0.25) is 5.91 Å². The minimum Gasteiger partial charge on any atom is -0.384 e. The van der Waals surface area contributed by atoms with E-state index in [9.17, 15) is 13.6 Å². The monoisotopic (exact) mass is 332 g/mol. The lowest BCUT2D eigenvalue weighted by molar-refractivity contribution is -0.133. The molecule has 0 aromatic heterocycles. The molecule has 0 bridgehead atoms. The second-order valence-corrected chi connectivity index (χ2v) is 5.91. The van der Waals surface area contributed by atoms with Crippen molar-refractivity contribution < 1.29 is 13.6 Å². The van der Waals surface area contributed by atoms with Crippen LogP contribution in [0.4, 0.5) is 14.5 Å². The Kier molecular flexibility index (Phi) is 6.29. The van der Waals surface area contributed by atoms with Gasteiger partial charge in [-0.05, 0) is 37.6 Å². The number of carbonyl (C=O) groups excluding carboxylic acids is 1. The molecule has 0 radical (unpaired) electrons. The lowest BCUT2D eigenvalue weighted by Gasteiger charge is -2.27. The normalized spacial score (nSPS) is 10.7. The molecule has 2 rings (SSSR count). The van der Waals surface area contributed by atoms with Gasteiger partial charge >= 0.3 is 0 Å². The highest BCUT2D eigenvalue weighted by atomic mass is 19.2. The summed E-state index contributed by atoms with van der Waals surface area (Å²) < 4.78 is 26.0. The highest BCUT2D eigenvalue weighted by molar-refractivity contribution is 5.77. The fraction of sp³-hybridized carbons (Fsp3) is 0.316. The maximum absolute atomic E-state index is 13.2. The Morgan fingerprint density at radius 1 is 1.08 bits per heavy atom. The van der Waals surface area contributed by atoms with E-state index in [2.05, 4.69) is 5.32 Å². The molecule has 2 aromatic carbocycles. The molecule has 2 aromatic rings.